The third kappa shape index (κ3) is 2.40. The van der Waals surface area contributed by atoms with Gasteiger partial charge in [0.2, 0.25) is 5.78 Å². The molecule has 0 N–H and O–H groups in total. The van der Waals surface area contributed by atoms with E-state index in [0.29, 0.717) is 11.9 Å². The lowest BCUT2D eigenvalue weighted by Gasteiger charge is -1.89. The maximum Gasteiger partial charge on any atom is 0.225 e. The minimum atomic E-state index is -0.503. The van der Waals surface area contributed by atoms with Gasteiger partial charge in [-0.3, -0.25) is 9.59 Å². The fraction of sp³-hybridized carbons (Fsp3) is 0.250. The van der Waals surface area contributed by atoms with Gasteiger partial charge < -0.3 is 0 Å². The monoisotopic (exact) mass is 138 g/mol. The predicted octanol–water partition coefficient (Wildman–Crippen LogP) is 1.28. The Labute approximate surface area is 60.2 Å². The summed E-state index contributed by atoms with van der Waals surface area (Å²) in [5, 5.41) is 0. The van der Waals surface area contributed by atoms with Crippen LogP contribution in [-0.2, 0) is 9.59 Å². The van der Waals surface area contributed by atoms with E-state index in [0.717, 1.165) is 6.42 Å². The lowest BCUT2D eigenvalue weighted by Crippen LogP contribution is -2.00. The molecule has 54 valence electrons. The highest BCUT2D eigenvalue weighted by atomic mass is 16.2. The van der Waals surface area contributed by atoms with E-state index in [9.17, 15) is 9.59 Å². The molecule has 0 heterocycles. The van der Waals surface area contributed by atoms with Gasteiger partial charge in [-0.25, -0.2) is 0 Å². The molecule has 10 heavy (non-hydrogen) atoms. The molecule has 0 aromatic heterocycles. The Balaban J connectivity index is 4.34. The van der Waals surface area contributed by atoms with Crippen molar-refractivity contribution in [3.8, 4) is 0 Å². The Kier molecular flexibility index (Phi) is 4.12. The molecule has 0 fully saturated rings. The SMILES string of the molecule is C=C/C(=C\CC)C(=O)C=O. The average Bonchev–Trinajstić information content (AvgIpc) is 1.99. The van der Waals surface area contributed by atoms with E-state index in [4.69, 9.17) is 0 Å². The highest BCUT2D eigenvalue weighted by Gasteiger charge is 2.00. The molecule has 0 aliphatic rings. The van der Waals surface area contributed by atoms with Crippen LogP contribution in [0, 0.1) is 0 Å². The zero-order chi connectivity index (χ0) is 7.98. The molecule has 0 saturated carbocycles. The lowest BCUT2D eigenvalue weighted by atomic mass is 10.1. The molecule has 0 rings (SSSR count). The van der Waals surface area contributed by atoms with Crippen molar-refractivity contribution in [2.75, 3.05) is 0 Å². The first-order valence-corrected chi connectivity index (χ1v) is 3.08. The van der Waals surface area contributed by atoms with Gasteiger partial charge >= 0.3 is 0 Å². The number of allylic oxidation sites excluding steroid dienone is 3. The summed E-state index contributed by atoms with van der Waals surface area (Å²) in [6.07, 6.45) is 4.09. The molecule has 2 heteroatoms. The highest BCUT2D eigenvalue weighted by molar-refractivity contribution is 6.33. The maximum atomic E-state index is 10.6. The van der Waals surface area contributed by atoms with Gasteiger partial charge in [0.05, 0.1) is 0 Å². The number of hydrogen-bond acceptors (Lipinski definition) is 2. The van der Waals surface area contributed by atoms with E-state index >= 15 is 0 Å². The van der Waals surface area contributed by atoms with Gasteiger partial charge in [0, 0.05) is 5.57 Å². The van der Waals surface area contributed by atoms with E-state index in [2.05, 4.69) is 6.58 Å². The molecule has 0 amide bonds. The van der Waals surface area contributed by atoms with Gasteiger partial charge in [-0.2, -0.15) is 0 Å². The van der Waals surface area contributed by atoms with Crippen LogP contribution in [0.25, 0.3) is 0 Å². The normalized spacial score (nSPS) is 10.7. The van der Waals surface area contributed by atoms with Crippen LogP contribution in [0.3, 0.4) is 0 Å². The van der Waals surface area contributed by atoms with Crippen molar-refractivity contribution >= 4 is 12.1 Å². The van der Waals surface area contributed by atoms with Crippen LogP contribution >= 0.6 is 0 Å². The van der Waals surface area contributed by atoms with Crippen molar-refractivity contribution in [2.24, 2.45) is 0 Å². The first-order chi connectivity index (χ1) is 4.76. The second kappa shape index (κ2) is 4.68. The summed E-state index contributed by atoms with van der Waals surface area (Å²) < 4.78 is 0. The molecule has 0 saturated heterocycles. The molecule has 0 unspecified atom stereocenters. The van der Waals surface area contributed by atoms with Crippen LogP contribution in [0.1, 0.15) is 13.3 Å². The van der Waals surface area contributed by atoms with Crippen LogP contribution in [0.5, 0.6) is 0 Å². The van der Waals surface area contributed by atoms with Gasteiger partial charge in [0.15, 0.2) is 6.29 Å². The van der Waals surface area contributed by atoms with Crippen molar-refractivity contribution in [3.05, 3.63) is 24.3 Å². The Morgan fingerprint density at radius 1 is 1.60 bits per heavy atom. The third-order valence-corrected chi connectivity index (χ3v) is 1.04. The maximum absolute atomic E-state index is 10.6. The molecule has 0 bridgehead atoms. The summed E-state index contributed by atoms with van der Waals surface area (Å²) in [6, 6.07) is 0. The molecule has 0 spiro atoms. The molecule has 0 atom stereocenters. The van der Waals surface area contributed by atoms with Gasteiger partial charge in [-0.05, 0) is 6.42 Å². The fourth-order valence-electron chi connectivity index (χ4n) is 0.572. The smallest absolute Gasteiger partial charge is 0.225 e. The largest absolute Gasteiger partial charge is 0.294 e. The van der Waals surface area contributed by atoms with E-state index in [1.54, 1.807) is 6.08 Å². The second-order valence-electron chi connectivity index (χ2n) is 1.75. The van der Waals surface area contributed by atoms with Gasteiger partial charge in [-0.1, -0.05) is 25.7 Å². The molecule has 2 nitrogen and oxygen atoms in total. The first kappa shape index (κ1) is 8.82. The number of hydrogen-bond donors (Lipinski definition) is 0. The van der Waals surface area contributed by atoms with Gasteiger partial charge in [0.25, 0.3) is 0 Å². The summed E-state index contributed by atoms with van der Waals surface area (Å²) in [5.41, 5.74) is 0.387. The van der Waals surface area contributed by atoms with Gasteiger partial charge in [0.1, 0.15) is 0 Å². The Morgan fingerprint density at radius 2 is 2.20 bits per heavy atom. The van der Waals surface area contributed by atoms with Crippen molar-refractivity contribution in [1.29, 1.82) is 0 Å². The number of Topliss-reactive ketones (excluding diaryl/α,β-unsaturated/α-hetero) is 1. The molecule has 0 aromatic rings. The summed E-state index contributed by atoms with van der Waals surface area (Å²) >= 11 is 0. The van der Waals surface area contributed by atoms with Crippen molar-refractivity contribution in [3.63, 3.8) is 0 Å². The predicted molar refractivity (Wildman–Crippen MR) is 39.6 cm³/mol. The summed E-state index contributed by atoms with van der Waals surface area (Å²) in [7, 11) is 0. The van der Waals surface area contributed by atoms with E-state index in [1.165, 1.54) is 6.08 Å². The number of aldehydes is 1. The summed E-state index contributed by atoms with van der Waals surface area (Å²) in [5.74, 6) is -0.503. The summed E-state index contributed by atoms with van der Waals surface area (Å²) in [4.78, 5) is 20.6. The van der Waals surface area contributed by atoms with Crippen molar-refractivity contribution < 1.29 is 9.59 Å². The second-order valence-corrected chi connectivity index (χ2v) is 1.75. The Hall–Kier alpha value is -1.18. The average molecular weight is 138 g/mol. The molecule has 0 aliphatic heterocycles. The van der Waals surface area contributed by atoms with Gasteiger partial charge in [-0.15, -0.1) is 0 Å². The minimum Gasteiger partial charge on any atom is -0.294 e. The Bertz CT molecular complexity index is 178. The summed E-state index contributed by atoms with van der Waals surface area (Å²) in [6.45, 7) is 5.29. The number of carbonyl (C=O) groups excluding carboxylic acids is 2. The topological polar surface area (TPSA) is 34.1 Å². The zero-order valence-electron chi connectivity index (χ0n) is 5.96. The fourth-order valence-corrected chi connectivity index (χ4v) is 0.572. The molecule has 0 radical (unpaired) electrons. The third-order valence-electron chi connectivity index (χ3n) is 1.04. The van der Waals surface area contributed by atoms with Crippen LogP contribution in [0.2, 0.25) is 0 Å². The number of ketones is 1. The minimum absolute atomic E-state index is 0.295. The van der Waals surface area contributed by atoms with Crippen LogP contribution in [-0.4, -0.2) is 12.1 Å². The molecule has 0 aliphatic carbocycles. The highest BCUT2D eigenvalue weighted by Crippen LogP contribution is 1.97. The lowest BCUT2D eigenvalue weighted by molar-refractivity contribution is -0.127. The van der Waals surface area contributed by atoms with E-state index < -0.39 is 5.78 Å². The van der Waals surface area contributed by atoms with Crippen molar-refractivity contribution in [2.45, 2.75) is 13.3 Å². The molecular weight excluding hydrogens is 128 g/mol. The van der Waals surface area contributed by atoms with E-state index in [-0.39, 0.29) is 0 Å². The number of rotatable bonds is 4. The molecular formula is C8H10O2. The van der Waals surface area contributed by atoms with E-state index in [1.807, 2.05) is 6.92 Å². The standard InChI is InChI=1S/C8H10O2/c1-3-5-7(4-2)8(10)6-9/h4-6H,2-3H2,1H3/b7-5+. The number of carbonyl (C=O) groups is 2. The zero-order valence-corrected chi connectivity index (χ0v) is 5.96. The Morgan fingerprint density at radius 3 is 2.50 bits per heavy atom. The van der Waals surface area contributed by atoms with Crippen LogP contribution in [0.4, 0.5) is 0 Å². The van der Waals surface area contributed by atoms with Crippen LogP contribution in [0.15, 0.2) is 24.3 Å². The first-order valence-electron chi connectivity index (χ1n) is 3.08. The quantitative estimate of drug-likeness (QED) is 0.254. The van der Waals surface area contributed by atoms with Crippen LogP contribution < -0.4 is 0 Å². The molecule has 0 aromatic carbocycles. The van der Waals surface area contributed by atoms with Crippen molar-refractivity contribution in [1.82, 2.24) is 0 Å².